The number of aromatic nitrogens is 2. The average molecular weight is 301 g/mol. The van der Waals surface area contributed by atoms with Crippen LogP contribution >= 0.6 is 27.5 Å². The molecule has 0 saturated heterocycles. The molecule has 0 amide bonds. The summed E-state index contributed by atoms with van der Waals surface area (Å²) in [6, 6.07) is 5.18. The fourth-order valence-electron chi connectivity index (χ4n) is 1.05. The van der Waals surface area contributed by atoms with Crippen molar-refractivity contribution in [3.05, 3.63) is 40.1 Å². The Morgan fingerprint density at radius 2 is 1.94 bits per heavy atom. The van der Waals surface area contributed by atoms with Crippen molar-refractivity contribution in [1.29, 1.82) is 0 Å². The normalized spacial score (nSPS) is 10.1. The van der Waals surface area contributed by atoms with E-state index in [-0.39, 0.29) is 6.01 Å². The van der Waals surface area contributed by atoms with Gasteiger partial charge < -0.3 is 10.5 Å². The molecule has 82 valence electrons. The summed E-state index contributed by atoms with van der Waals surface area (Å²) in [5.74, 6) is 0.440. The van der Waals surface area contributed by atoms with Gasteiger partial charge in [-0.25, -0.2) is 9.97 Å². The Kier molecular flexibility index (Phi) is 3.26. The maximum atomic E-state index is 5.82. The van der Waals surface area contributed by atoms with Crippen LogP contribution in [0.1, 0.15) is 0 Å². The fraction of sp³-hybridized carbons (Fsp3) is 0. The van der Waals surface area contributed by atoms with Gasteiger partial charge in [0.25, 0.3) is 0 Å². The molecule has 1 aromatic carbocycles. The maximum absolute atomic E-state index is 5.82. The zero-order chi connectivity index (χ0) is 11.5. The van der Waals surface area contributed by atoms with Gasteiger partial charge in [0.15, 0.2) is 5.75 Å². The van der Waals surface area contributed by atoms with Crippen molar-refractivity contribution in [2.75, 3.05) is 5.73 Å². The third kappa shape index (κ3) is 2.62. The van der Waals surface area contributed by atoms with E-state index in [2.05, 4.69) is 25.9 Å². The van der Waals surface area contributed by atoms with Gasteiger partial charge in [0, 0.05) is 23.5 Å². The zero-order valence-electron chi connectivity index (χ0n) is 8.02. The predicted molar refractivity (Wildman–Crippen MR) is 65.7 cm³/mol. The molecule has 6 heteroatoms. The van der Waals surface area contributed by atoms with E-state index in [1.807, 2.05) is 0 Å². The SMILES string of the molecule is Nc1ccc(Cl)cc1Oc1ncc(Br)cn1. The number of nitrogen functional groups attached to an aromatic ring is 1. The molecule has 0 saturated carbocycles. The highest BCUT2D eigenvalue weighted by molar-refractivity contribution is 9.10. The zero-order valence-corrected chi connectivity index (χ0v) is 10.4. The molecule has 1 heterocycles. The molecule has 2 aromatic rings. The van der Waals surface area contributed by atoms with E-state index in [1.54, 1.807) is 30.6 Å². The second-order valence-electron chi connectivity index (χ2n) is 2.97. The summed E-state index contributed by atoms with van der Waals surface area (Å²) in [4.78, 5) is 7.93. The molecule has 0 aliphatic carbocycles. The molecule has 16 heavy (non-hydrogen) atoms. The van der Waals surface area contributed by atoms with Gasteiger partial charge in [0.2, 0.25) is 0 Å². The Bertz CT molecular complexity index is 504. The second-order valence-corrected chi connectivity index (χ2v) is 4.32. The largest absolute Gasteiger partial charge is 0.422 e. The number of halogens is 2. The summed E-state index contributed by atoms with van der Waals surface area (Å²) < 4.78 is 6.17. The summed E-state index contributed by atoms with van der Waals surface area (Å²) in [6.07, 6.45) is 3.17. The van der Waals surface area contributed by atoms with E-state index >= 15 is 0 Å². The van der Waals surface area contributed by atoms with Gasteiger partial charge >= 0.3 is 6.01 Å². The number of hydrogen-bond acceptors (Lipinski definition) is 4. The summed E-state index contributed by atoms with van der Waals surface area (Å²) in [7, 11) is 0. The lowest BCUT2D eigenvalue weighted by Crippen LogP contribution is -1.95. The van der Waals surface area contributed by atoms with Gasteiger partial charge in [-0.15, -0.1) is 0 Å². The van der Waals surface area contributed by atoms with E-state index in [1.165, 1.54) is 0 Å². The minimum absolute atomic E-state index is 0.220. The Balaban J connectivity index is 2.26. The molecule has 0 atom stereocenters. The molecule has 0 aliphatic rings. The van der Waals surface area contributed by atoms with Crippen LogP contribution in [0.5, 0.6) is 11.8 Å². The second kappa shape index (κ2) is 4.67. The van der Waals surface area contributed by atoms with E-state index in [0.29, 0.717) is 16.5 Å². The van der Waals surface area contributed by atoms with Crippen molar-refractivity contribution in [3.63, 3.8) is 0 Å². The van der Waals surface area contributed by atoms with Crippen LogP contribution in [0.25, 0.3) is 0 Å². The molecule has 0 fully saturated rings. The standard InChI is InChI=1S/C10H7BrClN3O/c11-6-4-14-10(15-5-6)16-9-3-7(12)1-2-8(9)13/h1-5H,13H2. The predicted octanol–water partition coefficient (Wildman–Crippen LogP) is 3.27. The van der Waals surface area contributed by atoms with Crippen molar-refractivity contribution < 1.29 is 4.74 Å². The Morgan fingerprint density at radius 1 is 1.25 bits per heavy atom. The number of ether oxygens (including phenoxy) is 1. The minimum Gasteiger partial charge on any atom is -0.422 e. The molecule has 0 unspecified atom stereocenters. The highest BCUT2D eigenvalue weighted by atomic mass is 79.9. The molecule has 2 rings (SSSR count). The van der Waals surface area contributed by atoms with Gasteiger partial charge in [0.1, 0.15) is 0 Å². The lowest BCUT2D eigenvalue weighted by atomic mass is 10.3. The first-order chi connectivity index (χ1) is 7.65. The topological polar surface area (TPSA) is 61.0 Å². The number of anilines is 1. The first-order valence-corrected chi connectivity index (χ1v) is 5.52. The van der Waals surface area contributed by atoms with Gasteiger partial charge in [-0.1, -0.05) is 11.6 Å². The highest BCUT2D eigenvalue weighted by Crippen LogP contribution is 2.28. The molecule has 1 aromatic heterocycles. The van der Waals surface area contributed by atoms with Crippen molar-refractivity contribution in [2.24, 2.45) is 0 Å². The number of nitrogens with two attached hydrogens (primary N) is 1. The van der Waals surface area contributed by atoms with E-state index < -0.39 is 0 Å². The molecule has 2 N–H and O–H groups in total. The number of nitrogens with zero attached hydrogens (tertiary/aromatic N) is 2. The summed E-state index contributed by atoms with van der Waals surface area (Å²) >= 11 is 9.05. The summed E-state index contributed by atoms with van der Waals surface area (Å²) in [6.45, 7) is 0. The number of hydrogen-bond donors (Lipinski definition) is 1. The Labute approximate surface area is 106 Å². The van der Waals surface area contributed by atoms with Crippen LogP contribution in [0, 0.1) is 0 Å². The third-order valence-corrected chi connectivity index (χ3v) is 2.42. The Hall–Kier alpha value is -1.33. The van der Waals surface area contributed by atoms with E-state index in [9.17, 15) is 0 Å². The summed E-state index contributed by atoms with van der Waals surface area (Å²) in [5.41, 5.74) is 6.20. The van der Waals surface area contributed by atoms with Gasteiger partial charge in [-0.2, -0.15) is 0 Å². The number of benzene rings is 1. The van der Waals surface area contributed by atoms with Crippen LogP contribution in [-0.4, -0.2) is 9.97 Å². The van der Waals surface area contributed by atoms with Gasteiger partial charge in [-0.3, -0.25) is 0 Å². The summed E-state index contributed by atoms with van der Waals surface area (Å²) in [5, 5.41) is 0.543. The average Bonchev–Trinajstić information content (AvgIpc) is 2.27. The minimum atomic E-state index is 0.220. The quantitative estimate of drug-likeness (QED) is 0.865. The monoisotopic (exact) mass is 299 g/mol. The molecule has 0 spiro atoms. The van der Waals surface area contributed by atoms with Crippen molar-refractivity contribution in [2.45, 2.75) is 0 Å². The lowest BCUT2D eigenvalue weighted by Gasteiger charge is -2.06. The third-order valence-electron chi connectivity index (χ3n) is 1.77. The number of rotatable bonds is 2. The van der Waals surface area contributed by atoms with E-state index in [0.717, 1.165) is 4.47 Å². The van der Waals surface area contributed by atoms with Crippen molar-refractivity contribution >= 4 is 33.2 Å². The van der Waals surface area contributed by atoms with Gasteiger partial charge in [0.05, 0.1) is 10.2 Å². The van der Waals surface area contributed by atoms with Crippen LogP contribution in [-0.2, 0) is 0 Å². The molecular formula is C10H7BrClN3O. The first-order valence-electron chi connectivity index (χ1n) is 4.35. The van der Waals surface area contributed by atoms with Crippen LogP contribution in [0.2, 0.25) is 5.02 Å². The highest BCUT2D eigenvalue weighted by Gasteiger charge is 2.05. The van der Waals surface area contributed by atoms with Crippen molar-refractivity contribution in [3.8, 4) is 11.8 Å². The maximum Gasteiger partial charge on any atom is 0.322 e. The molecular weight excluding hydrogens is 293 g/mol. The van der Waals surface area contributed by atoms with Crippen molar-refractivity contribution in [1.82, 2.24) is 9.97 Å². The Morgan fingerprint density at radius 3 is 2.62 bits per heavy atom. The van der Waals surface area contributed by atoms with Crippen LogP contribution < -0.4 is 10.5 Å². The van der Waals surface area contributed by atoms with Crippen LogP contribution in [0.15, 0.2) is 35.1 Å². The van der Waals surface area contributed by atoms with Gasteiger partial charge in [-0.05, 0) is 28.1 Å². The molecule has 0 radical (unpaired) electrons. The molecule has 4 nitrogen and oxygen atoms in total. The van der Waals surface area contributed by atoms with Crippen LogP contribution in [0.4, 0.5) is 5.69 Å². The first kappa shape index (κ1) is 11.2. The van der Waals surface area contributed by atoms with E-state index in [4.69, 9.17) is 22.1 Å². The lowest BCUT2D eigenvalue weighted by molar-refractivity contribution is 0.443. The molecule has 0 bridgehead atoms. The van der Waals surface area contributed by atoms with Crippen LogP contribution in [0.3, 0.4) is 0 Å². The fourth-order valence-corrected chi connectivity index (χ4v) is 1.41. The smallest absolute Gasteiger partial charge is 0.322 e. The molecule has 0 aliphatic heterocycles.